The Kier molecular flexibility index (Phi) is 5.09. The van der Waals surface area contributed by atoms with Crippen LogP contribution in [0, 0.1) is 25.5 Å². The van der Waals surface area contributed by atoms with Crippen molar-refractivity contribution in [3.63, 3.8) is 0 Å². The summed E-state index contributed by atoms with van der Waals surface area (Å²) in [6, 6.07) is 8.63. The molecule has 2 rings (SSSR count). The number of benzene rings is 2. The molecule has 0 heterocycles. The first-order valence-corrected chi connectivity index (χ1v) is 7.02. The zero-order valence-electron chi connectivity index (χ0n) is 12.5. The average Bonchev–Trinajstić information content (AvgIpc) is 2.44. The van der Waals surface area contributed by atoms with Crippen LogP contribution in [0.1, 0.15) is 16.7 Å². The van der Waals surface area contributed by atoms with Gasteiger partial charge in [0.2, 0.25) is 0 Å². The number of rotatable bonds is 4. The van der Waals surface area contributed by atoms with Crippen molar-refractivity contribution in [1.82, 2.24) is 5.32 Å². The van der Waals surface area contributed by atoms with Crippen LogP contribution in [0.4, 0.5) is 19.3 Å². The Morgan fingerprint density at radius 1 is 1.09 bits per heavy atom. The summed E-state index contributed by atoms with van der Waals surface area (Å²) in [4.78, 5) is 11.7. The summed E-state index contributed by atoms with van der Waals surface area (Å²) in [5.74, 6) is -1.48. The van der Waals surface area contributed by atoms with Crippen LogP contribution in [0.15, 0.2) is 36.4 Å². The van der Waals surface area contributed by atoms with Crippen molar-refractivity contribution < 1.29 is 13.6 Å². The van der Waals surface area contributed by atoms with Crippen molar-refractivity contribution >= 4 is 11.7 Å². The van der Waals surface area contributed by atoms with E-state index in [2.05, 4.69) is 16.7 Å². The molecule has 0 fully saturated rings. The largest absolute Gasteiger partial charge is 0.338 e. The molecule has 5 heteroatoms. The molecule has 0 saturated heterocycles. The first-order valence-electron chi connectivity index (χ1n) is 7.02. The van der Waals surface area contributed by atoms with Crippen LogP contribution in [0.5, 0.6) is 0 Å². The van der Waals surface area contributed by atoms with E-state index in [1.807, 2.05) is 26.0 Å². The molecule has 0 atom stereocenters. The second kappa shape index (κ2) is 7.02. The van der Waals surface area contributed by atoms with Crippen LogP contribution in [0.2, 0.25) is 0 Å². The van der Waals surface area contributed by atoms with Crippen molar-refractivity contribution in [3.8, 4) is 0 Å². The Labute approximate surface area is 128 Å². The summed E-state index contributed by atoms with van der Waals surface area (Å²) in [6.07, 6.45) is 0.686. The van der Waals surface area contributed by atoms with Gasteiger partial charge in [-0.3, -0.25) is 0 Å². The number of nitrogens with one attached hydrogen (secondary N) is 2. The molecule has 116 valence electrons. The second-order valence-electron chi connectivity index (χ2n) is 5.19. The first kappa shape index (κ1) is 15.9. The fraction of sp³-hybridized carbons (Fsp3) is 0.235. The molecule has 0 unspecified atom stereocenters. The third kappa shape index (κ3) is 4.28. The lowest BCUT2D eigenvalue weighted by molar-refractivity contribution is 0.252. The third-order valence-electron chi connectivity index (χ3n) is 3.36. The molecule has 2 amide bonds. The number of halogens is 2. The molecule has 0 spiro atoms. The maximum Gasteiger partial charge on any atom is 0.319 e. The van der Waals surface area contributed by atoms with Gasteiger partial charge in [-0.25, -0.2) is 13.6 Å². The molecular formula is C17H18F2N2O. The van der Waals surface area contributed by atoms with Crippen LogP contribution in [0.25, 0.3) is 0 Å². The minimum Gasteiger partial charge on any atom is -0.338 e. The molecule has 0 bridgehead atoms. The van der Waals surface area contributed by atoms with Crippen LogP contribution in [-0.4, -0.2) is 12.6 Å². The van der Waals surface area contributed by atoms with Crippen LogP contribution in [0.3, 0.4) is 0 Å². The minimum atomic E-state index is -0.801. The van der Waals surface area contributed by atoms with Crippen LogP contribution in [-0.2, 0) is 6.42 Å². The van der Waals surface area contributed by atoms with E-state index in [1.54, 1.807) is 0 Å². The number of anilines is 1. The summed E-state index contributed by atoms with van der Waals surface area (Å²) >= 11 is 0. The van der Waals surface area contributed by atoms with Crippen LogP contribution < -0.4 is 10.6 Å². The number of carbonyl (C=O) groups excluding carboxylic acids is 1. The Hall–Kier alpha value is -2.43. The molecule has 2 aromatic carbocycles. The number of hydrogen-bond acceptors (Lipinski definition) is 1. The van der Waals surface area contributed by atoms with Gasteiger partial charge in [0.25, 0.3) is 0 Å². The van der Waals surface area contributed by atoms with Crippen molar-refractivity contribution in [1.29, 1.82) is 0 Å². The standard InChI is InChI=1S/C17H18F2N2O/c1-11-3-4-13(12(2)9-11)7-8-20-17(22)21-16-6-5-14(18)10-15(16)19/h3-6,9-10H,7-8H2,1-2H3,(H2,20,21,22). The predicted octanol–water partition coefficient (Wildman–Crippen LogP) is 3.95. The van der Waals surface area contributed by atoms with Gasteiger partial charge in [0.15, 0.2) is 0 Å². The SMILES string of the molecule is Cc1ccc(CCNC(=O)Nc2ccc(F)cc2F)c(C)c1. The lowest BCUT2D eigenvalue weighted by Crippen LogP contribution is -2.30. The Morgan fingerprint density at radius 3 is 2.55 bits per heavy atom. The Balaban J connectivity index is 1.85. The minimum absolute atomic E-state index is 0.0505. The van der Waals surface area contributed by atoms with Gasteiger partial charge in [0.05, 0.1) is 5.69 Å². The number of hydrogen-bond donors (Lipinski definition) is 2. The summed E-state index contributed by atoms with van der Waals surface area (Å²) in [5.41, 5.74) is 3.47. The van der Waals surface area contributed by atoms with Gasteiger partial charge < -0.3 is 10.6 Å². The molecule has 0 saturated carbocycles. The second-order valence-corrected chi connectivity index (χ2v) is 5.19. The number of amides is 2. The molecule has 0 aliphatic rings. The summed E-state index contributed by atoms with van der Waals surface area (Å²) in [5, 5.41) is 5.01. The molecule has 0 aromatic heterocycles. The van der Waals surface area contributed by atoms with Crippen molar-refractivity contribution in [2.45, 2.75) is 20.3 Å². The van der Waals surface area contributed by atoms with E-state index in [-0.39, 0.29) is 5.69 Å². The van der Waals surface area contributed by atoms with E-state index in [1.165, 1.54) is 17.2 Å². The summed E-state index contributed by atoms with van der Waals surface area (Å²) in [6.45, 7) is 4.48. The number of carbonyl (C=O) groups is 1. The first-order chi connectivity index (χ1) is 10.5. The summed E-state index contributed by atoms with van der Waals surface area (Å²) < 4.78 is 26.2. The van der Waals surface area contributed by atoms with Gasteiger partial charge in [-0.05, 0) is 43.5 Å². The molecule has 0 aliphatic heterocycles. The quantitative estimate of drug-likeness (QED) is 0.882. The highest BCUT2D eigenvalue weighted by molar-refractivity contribution is 5.89. The molecule has 22 heavy (non-hydrogen) atoms. The lowest BCUT2D eigenvalue weighted by Gasteiger charge is -2.10. The van der Waals surface area contributed by atoms with Crippen molar-refractivity contribution in [2.75, 3.05) is 11.9 Å². The Morgan fingerprint density at radius 2 is 1.86 bits per heavy atom. The van der Waals surface area contributed by atoms with E-state index in [9.17, 15) is 13.6 Å². The van der Waals surface area contributed by atoms with Crippen molar-refractivity contribution in [2.24, 2.45) is 0 Å². The van der Waals surface area contributed by atoms with Gasteiger partial charge in [-0.2, -0.15) is 0 Å². The fourth-order valence-corrected chi connectivity index (χ4v) is 2.19. The molecular weight excluding hydrogens is 286 g/mol. The number of aryl methyl sites for hydroxylation is 2. The van der Waals surface area contributed by atoms with E-state index in [0.29, 0.717) is 13.0 Å². The monoisotopic (exact) mass is 304 g/mol. The molecule has 2 N–H and O–H groups in total. The van der Waals surface area contributed by atoms with Gasteiger partial charge in [0.1, 0.15) is 11.6 Å². The highest BCUT2D eigenvalue weighted by Gasteiger charge is 2.07. The van der Waals surface area contributed by atoms with Gasteiger partial charge in [0, 0.05) is 12.6 Å². The maximum atomic E-state index is 13.4. The highest BCUT2D eigenvalue weighted by Crippen LogP contribution is 2.14. The van der Waals surface area contributed by atoms with Crippen LogP contribution >= 0.6 is 0 Å². The fourth-order valence-electron chi connectivity index (χ4n) is 2.19. The van der Waals surface area contributed by atoms with E-state index in [4.69, 9.17) is 0 Å². The van der Waals surface area contributed by atoms with Gasteiger partial charge in [-0.15, -0.1) is 0 Å². The zero-order valence-corrected chi connectivity index (χ0v) is 12.5. The van der Waals surface area contributed by atoms with E-state index < -0.39 is 17.7 Å². The van der Waals surface area contributed by atoms with Gasteiger partial charge in [-0.1, -0.05) is 23.8 Å². The normalized spacial score (nSPS) is 10.4. The van der Waals surface area contributed by atoms with E-state index in [0.717, 1.165) is 17.7 Å². The third-order valence-corrected chi connectivity index (χ3v) is 3.36. The average molecular weight is 304 g/mol. The van der Waals surface area contributed by atoms with Crippen molar-refractivity contribution in [3.05, 3.63) is 64.7 Å². The number of urea groups is 1. The Bertz CT molecular complexity index is 686. The molecule has 3 nitrogen and oxygen atoms in total. The topological polar surface area (TPSA) is 41.1 Å². The maximum absolute atomic E-state index is 13.4. The van der Waals surface area contributed by atoms with Gasteiger partial charge >= 0.3 is 6.03 Å². The smallest absolute Gasteiger partial charge is 0.319 e. The zero-order chi connectivity index (χ0) is 16.1. The molecule has 2 aromatic rings. The predicted molar refractivity (Wildman–Crippen MR) is 83.0 cm³/mol. The molecule has 0 radical (unpaired) electrons. The van der Waals surface area contributed by atoms with E-state index >= 15 is 0 Å². The summed E-state index contributed by atoms with van der Waals surface area (Å²) in [7, 11) is 0. The molecule has 0 aliphatic carbocycles. The highest BCUT2D eigenvalue weighted by atomic mass is 19.1. The lowest BCUT2D eigenvalue weighted by atomic mass is 10.0.